The van der Waals surface area contributed by atoms with Crippen molar-refractivity contribution >= 4 is 43.1 Å². The molecule has 0 aliphatic carbocycles. The second-order valence-corrected chi connectivity index (χ2v) is 13.1. The smallest absolute Gasteiger partial charge is 0.380 e. The van der Waals surface area contributed by atoms with Crippen LogP contribution in [0.1, 0.15) is 19.7 Å². The summed E-state index contributed by atoms with van der Waals surface area (Å²) in [6.45, 7) is 6.39. The van der Waals surface area contributed by atoms with Crippen LogP contribution in [-0.4, -0.2) is 44.9 Å². The van der Waals surface area contributed by atoms with E-state index in [0.717, 1.165) is 35.3 Å². The van der Waals surface area contributed by atoms with Crippen LogP contribution in [0.5, 0.6) is 5.75 Å². The summed E-state index contributed by atoms with van der Waals surface area (Å²) < 4.78 is 82.5. The number of oxazole rings is 1. The molecule has 1 aliphatic heterocycles. The molecular weight excluding hydrogens is 631 g/mol. The highest BCUT2D eigenvalue weighted by atomic mass is 32.2. The van der Waals surface area contributed by atoms with Gasteiger partial charge in [0.1, 0.15) is 6.08 Å². The first-order valence-electron chi connectivity index (χ1n) is 14.4. The number of hydrogen-bond donors (Lipinski definition) is 2. The van der Waals surface area contributed by atoms with Crippen molar-refractivity contribution in [2.45, 2.75) is 19.7 Å². The molecule has 0 unspecified atom stereocenters. The lowest BCUT2D eigenvalue weighted by Crippen LogP contribution is -2.39. The van der Waals surface area contributed by atoms with Crippen LogP contribution in [0.3, 0.4) is 0 Å². The molecule has 2 N–H and O–H groups in total. The van der Waals surface area contributed by atoms with E-state index in [4.69, 9.17) is 9.15 Å². The van der Waals surface area contributed by atoms with Crippen LogP contribution >= 0.6 is 0 Å². The molecule has 0 atom stereocenters. The highest BCUT2D eigenvalue weighted by Crippen LogP contribution is 2.42. The van der Waals surface area contributed by atoms with Crippen molar-refractivity contribution in [3.8, 4) is 28.0 Å². The Bertz CT molecular complexity index is 2080. The monoisotopic (exact) mass is 663 g/mol. The zero-order valence-electron chi connectivity index (χ0n) is 25.2. The molecule has 11 nitrogen and oxygen atoms in total. The van der Waals surface area contributed by atoms with Gasteiger partial charge < -0.3 is 19.0 Å². The van der Waals surface area contributed by atoms with Crippen molar-refractivity contribution in [2.75, 3.05) is 23.9 Å². The third kappa shape index (κ3) is 8.00. The van der Waals surface area contributed by atoms with Crippen LogP contribution in [0.4, 0.5) is 5.69 Å². The van der Waals surface area contributed by atoms with E-state index in [1.54, 1.807) is 36.4 Å². The number of hydrogen-bond acceptors (Lipinski definition) is 9. The molecule has 0 spiro atoms. The Morgan fingerprint density at radius 3 is 1.96 bits per heavy atom. The summed E-state index contributed by atoms with van der Waals surface area (Å²) in [6, 6.07) is 29.1. The molecule has 1 aliphatic rings. The second-order valence-electron chi connectivity index (χ2n) is 10.3. The van der Waals surface area contributed by atoms with Crippen LogP contribution in [0.25, 0.3) is 39.4 Å². The van der Waals surface area contributed by atoms with E-state index in [2.05, 4.69) is 19.2 Å². The first-order chi connectivity index (χ1) is 22.0. The van der Waals surface area contributed by atoms with Gasteiger partial charge in [0.15, 0.2) is 21.7 Å². The van der Waals surface area contributed by atoms with E-state index in [9.17, 15) is 25.9 Å². The number of nitrogens with zero attached hydrogens (tertiary/aromatic N) is 2. The lowest BCUT2D eigenvalue weighted by Gasteiger charge is -2.16. The normalized spacial score (nSPS) is 13.7. The van der Waals surface area contributed by atoms with Gasteiger partial charge in [0.2, 0.25) is 17.3 Å². The molecule has 0 amide bonds. The molecule has 0 saturated carbocycles. The largest absolute Gasteiger partial charge is 0.743 e. The Morgan fingerprint density at radius 2 is 1.41 bits per heavy atom. The van der Waals surface area contributed by atoms with E-state index < -0.39 is 32.0 Å². The molecule has 13 heteroatoms. The molecule has 0 bridgehead atoms. The summed E-state index contributed by atoms with van der Waals surface area (Å²) in [5.74, 6) is -1.60. The minimum Gasteiger partial charge on any atom is -0.743 e. The van der Waals surface area contributed by atoms with Gasteiger partial charge in [0, 0.05) is 6.07 Å². The lowest BCUT2D eigenvalue weighted by atomic mass is 10.0. The van der Waals surface area contributed by atoms with Crippen LogP contribution in [-0.2, 0) is 26.1 Å². The van der Waals surface area contributed by atoms with Crippen LogP contribution in [0.2, 0.25) is 0 Å². The number of fused-ring (bicyclic) bond motifs is 2. The molecule has 1 aromatic heterocycles. The number of rotatable bonds is 9. The van der Waals surface area contributed by atoms with Crippen molar-refractivity contribution in [2.24, 2.45) is 0 Å². The molecule has 0 radical (unpaired) electrons. The van der Waals surface area contributed by atoms with E-state index in [0.29, 0.717) is 22.5 Å². The summed E-state index contributed by atoms with van der Waals surface area (Å²) in [7, 11) is -9.30. The fourth-order valence-corrected chi connectivity index (χ4v) is 6.16. The maximum Gasteiger partial charge on any atom is 0.380 e. The second kappa shape index (κ2) is 13.8. The van der Waals surface area contributed by atoms with Crippen molar-refractivity contribution in [3.05, 3.63) is 109 Å². The minimum atomic E-state index is -4.77. The van der Waals surface area contributed by atoms with Crippen molar-refractivity contribution in [1.82, 2.24) is 5.32 Å². The Labute approximate surface area is 267 Å². The molecule has 4 aromatic carbocycles. The number of nitrogens with one attached hydrogen (secondary N) is 1. The fraction of sp³-hybridized carbons (Fsp3) is 0.182. The van der Waals surface area contributed by atoms with Gasteiger partial charge in [-0.05, 0) is 53.5 Å². The van der Waals surface area contributed by atoms with Gasteiger partial charge in [-0.25, -0.2) is 8.42 Å². The SMILES string of the molecule is CCNCC.O=S(=O)([O-])C[n+]1c(C=C2Oc3ccc(-c4ccccc4)cc3N2CS(=O)(=O)O)oc2ccc(-c3ccccc3)cc21. The Morgan fingerprint density at radius 1 is 0.826 bits per heavy atom. The van der Waals surface area contributed by atoms with Crippen molar-refractivity contribution in [3.63, 3.8) is 0 Å². The van der Waals surface area contributed by atoms with Crippen molar-refractivity contribution in [1.29, 1.82) is 0 Å². The molecule has 6 rings (SSSR count). The Balaban J connectivity index is 0.000000775. The first-order valence-corrected chi connectivity index (χ1v) is 17.6. The van der Waals surface area contributed by atoms with Gasteiger partial charge in [0.25, 0.3) is 15.6 Å². The summed E-state index contributed by atoms with van der Waals surface area (Å²) >= 11 is 0. The number of benzene rings is 4. The number of ether oxygens (including phenoxy) is 1. The zero-order chi connectivity index (χ0) is 32.9. The summed E-state index contributed by atoms with van der Waals surface area (Å²) in [4.78, 5) is 1.23. The fourth-order valence-electron chi connectivity index (χ4n) is 4.98. The maximum absolute atomic E-state index is 12.0. The standard InChI is InChI=1S/C29H22N2O8S2.C4H11N/c32-40(33,34)18-30-24-15-22(20-7-3-1-4-8-20)11-13-26(24)38-28(30)17-29-31(19-41(35,36)37)25-16-23(12-14-27(25)39-29)21-9-5-2-6-10-21;1-3-5-4-2/h1-17H,18-19H2,(H-,32,33,34,35,36,37);5H,3-4H2,1-2H3. The van der Waals surface area contributed by atoms with Gasteiger partial charge in [-0.1, -0.05) is 86.6 Å². The molecule has 2 heterocycles. The third-order valence-electron chi connectivity index (χ3n) is 7.00. The molecule has 240 valence electrons. The number of anilines is 1. The minimum absolute atomic E-state index is 0.0535. The van der Waals surface area contributed by atoms with Crippen LogP contribution in [0.15, 0.2) is 107 Å². The highest BCUT2D eigenvalue weighted by molar-refractivity contribution is 7.85. The van der Waals surface area contributed by atoms with E-state index in [1.165, 1.54) is 15.5 Å². The Kier molecular flexibility index (Phi) is 9.89. The van der Waals surface area contributed by atoms with E-state index in [-0.39, 0.29) is 11.8 Å². The molecular formula is C33H33N3O8S2. The molecule has 5 aromatic rings. The Hall–Kier alpha value is -4.53. The highest BCUT2D eigenvalue weighted by Gasteiger charge is 2.33. The third-order valence-corrected chi connectivity index (χ3v) is 8.16. The van der Waals surface area contributed by atoms with Gasteiger partial charge in [-0.15, -0.1) is 4.57 Å². The van der Waals surface area contributed by atoms with E-state index in [1.807, 2.05) is 60.7 Å². The van der Waals surface area contributed by atoms with E-state index >= 15 is 0 Å². The number of aromatic nitrogens is 1. The summed E-state index contributed by atoms with van der Waals surface area (Å²) in [5, 5.41) is 3.11. The summed E-state index contributed by atoms with van der Waals surface area (Å²) in [6.07, 6.45) is 1.29. The molecule has 0 fully saturated rings. The summed E-state index contributed by atoms with van der Waals surface area (Å²) in [5.41, 5.74) is 4.28. The molecule has 0 saturated heterocycles. The maximum atomic E-state index is 12.0. The van der Waals surface area contributed by atoms with Gasteiger partial charge >= 0.3 is 5.89 Å². The van der Waals surface area contributed by atoms with Crippen molar-refractivity contribution < 1.29 is 39.7 Å². The molecule has 46 heavy (non-hydrogen) atoms. The van der Waals surface area contributed by atoms with Gasteiger partial charge in [0.05, 0.1) is 5.69 Å². The zero-order valence-corrected chi connectivity index (χ0v) is 26.8. The quantitative estimate of drug-likeness (QED) is 0.159. The topological polar surface area (TPSA) is 153 Å². The van der Waals surface area contributed by atoms with Crippen LogP contribution < -0.4 is 19.5 Å². The predicted molar refractivity (Wildman–Crippen MR) is 175 cm³/mol. The average Bonchev–Trinajstić information content (AvgIpc) is 3.53. The average molecular weight is 664 g/mol. The van der Waals surface area contributed by atoms with Gasteiger partial charge in [-0.2, -0.15) is 8.42 Å². The van der Waals surface area contributed by atoms with Gasteiger partial charge in [-0.3, -0.25) is 9.45 Å². The lowest BCUT2D eigenvalue weighted by molar-refractivity contribution is -0.658. The van der Waals surface area contributed by atoms with Crippen LogP contribution in [0, 0.1) is 0 Å². The predicted octanol–water partition coefficient (Wildman–Crippen LogP) is 5.22. The first kappa shape index (κ1) is 32.9.